The Kier molecular flexibility index (Phi) is 6.31. The molecule has 2 N–H and O–H groups in total. The molecule has 7 heteroatoms. The first-order chi connectivity index (χ1) is 12.1. The fourth-order valence-electron chi connectivity index (χ4n) is 3.13. The minimum atomic E-state index is 0.0868. The van der Waals surface area contributed by atoms with E-state index in [1.807, 2.05) is 30.3 Å². The van der Waals surface area contributed by atoms with E-state index in [-0.39, 0.29) is 5.91 Å². The van der Waals surface area contributed by atoms with Crippen LogP contribution in [-0.4, -0.2) is 27.9 Å². The lowest BCUT2D eigenvalue weighted by atomic mass is 9.78. The molecule has 0 spiro atoms. The maximum atomic E-state index is 12.2. The highest BCUT2D eigenvalue weighted by molar-refractivity contribution is 8.01. The Morgan fingerprint density at radius 3 is 2.84 bits per heavy atom. The molecular formula is C18H24N4OS2. The number of hydrogen-bond donors (Lipinski definition) is 2. The SMILES string of the molecule is C[C@H]1[C@@H](NC(=O)CSc2nnc(Nc3ccccc3)s2)CCC[C@@H]1C. The molecule has 134 valence electrons. The number of thioether (sulfide) groups is 1. The van der Waals surface area contributed by atoms with Crippen LogP contribution in [0.4, 0.5) is 10.8 Å². The molecule has 1 aromatic carbocycles. The van der Waals surface area contributed by atoms with E-state index in [4.69, 9.17) is 0 Å². The van der Waals surface area contributed by atoms with Crippen LogP contribution in [0.1, 0.15) is 33.1 Å². The Labute approximate surface area is 157 Å². The third kappa shape index (κ3) is 5.19. The molecule has 0 saturated heterocycles. The number of nitrogens with one attached hydrogen (secondary N) is 2. The third-order valence-electron chi connectivity index (χ3n) is 4.81. The fourth-order valence-corrected chi connectivity index (χ4v) is 4.71. The summed E-state index contributed by atoms with van der Waals surface area (Å²) in [7, 11) is 0. The molecule has 1 amide bonds. The first-order valence-electron chi connectivity index (χ1n) is 8.69. The highest BCUT2D eigenvalue weighted by atomic mass is 32.2. The van der Waals surface area contributed by atoms with Crippen LogP contribution in [0.5, 0.6) is 0 Å². The Balaban J connectivity index is 1.46. The predicted octanol–water partition coefficient (Wildman–Crippen LogP) is 4.31. The number of carbonyl (C=O) groups is 1. The summed E-state index contributed by atoms with van der Waals surface area (Å²) in [5.41, 5.74) is 0.980. The van der Waals surface area contributed by atoms with E-state index in [0.717, 1.165) is 21.6 Å². The van der Waals surface area contributed by atoms with Crippen molar-refractivity contribution < 1.29 is 4.79 Å². The lowest BCUT2D eigenvalue weighted by Gasteiger charge is -2.34. The lowest BCUT2D eigenvalue weighted by molar-refractivity contribution is -0.119. The molecule has 0 unspecified atom stereocenters. The van der Waals surface area contributed by atoms with Crippen LogP contribution in [0, 0.1) is 11.8 Å². The van der Waals surface area contributed by atoms with E-state index in [9.17, 15) is 4.79 Å². The first kappa shape index (κ1) is 18.2. The van der Waals surface area contributed by atoms with Crippen molar-refractivity contribution >= 4 is 39.8 Å². The smallest absolute Gasteiger partial charge is 0.230 e. The van der Waals surface area contributed by atoms with Crippen molar-refractivity contribution in [1.29, 1.82) is 0 Å². The predicted molar refractivity (Wildman–Crippen MR) is 104 cm³/mol. The van der Waals surface area contributed by atoms with Crippen molar-refractivity contribution in [1.82, 2.24) is 15.5 Å². The van der Waals surface area contributed by atoms with E-state index in [1.54, 1.807) is 0 Å². The van der Waals surface area contributed by atoms with Crippen LogP contribution in [0.2, 0.25) is 0 Å². The van der Waals surface area contributed by atoms with Gasteiger partial charge in [0, 0.05) is 11.7 Å². The van der Waals surface area contributed by atoms with E-state index < -0.39 is 0 Å². The number of carbonyl (C=O) groups excluding carboxylic acids is 1. The summed E-state index contributed by atoms with van der Waals surface area (Å²) in [5.74, 6) is 1.70. The number of aromatic nitrogens is 2. The number of amides is 1. The van der Waals surface area contributed by atoms with E-state index >= 15 is 0 Å². The molecule has 1 heterocycles. The number of nitrogens with zero attached hydrogens (tertiary/aromatic N) is 2. The van der Waals surface area contributed by atoms with Crippen molar-refractivity contribution in [2.45, 2.75) is 43.5 Å². The quantitative estimate of drug-likeness (QED) is 0.735. The van der Waals surface area contributed by atoms with Crippen LogP contribution in [-0.2, 0) is 4.79 Å². The molecule has 0 radical (unpaired) electrons. The van der Waals surface area contributed by atoms with Gasteiger partial charge in [-0.05, 0) is 30.4 Å². The zero-order chi connectivity index (χ0) is 17.6. The van der Waals surface area contributed by atoms with Crippen LogP contribution >= 0.6 is 23.1 Å². The molecule has 1 aliphatic carbocycles. The van der Waals surface area contributed by atoms with Gasteiger partial charge in [-0.25, -0.2) is 0 Å². The largest absolute Gasteiger partial charge is 0.352 e. The minimum absolute atomic E-state index is 0.0868. The van der Waals surface area contributed by atoms with Crippen LogP contribution in [0.25, 0.3) is 0 Å². The third-order valence-corrected chi connectivity index (χ3v) is 6.78. The lowest BCUT2D eigenvalue weighted by Crippen LogP contribution is -2.44. The Morgan fingerprint density at radius 2 is 2.04 bits per heavy atom. The molecule has 1 aromatic heterocycles. The monoisotopic (exact) mass is 376 g/mol. The van der Waals surface area contributed by atoms with Gasteiger partial charge in [-0.3, -0.25) is 4.79 Å². The Bertz CT molecular complexity index is 691. The van der Waals surface area contributed by atoms with Crippen LogP contribution in [0.3, 0.4) is 0 Å². The number of anilines is 2. The fraction of sp³-hybridized carbons (Fsp3) is 0.500. The van der Waals surface area contributed by atoms with Gasteiger partial charge < -0.3 is 10.6 Å². The average molecular weight is 377 g/mol. The summed E-state index contributed by atoms with van der Waals surface area (Å²) >= 11 is 2.91. The molecule has 1 fully saturated rings. The van der Waals surface area contributed by atoms with Gasteiger partial charge in [0.15, 0.2) is 4.34 Å². The van der Waals surface area contributed by atoms with Crippen LogP contribution in [0.15, 0.2) is 34.7 Å². The van der Waals surface area contributed by atoms with Crippen molar-refractivity contribution in [2.24, 2.45) is 11.8 Å². The zero-order valence-electron chi connectivity index (χ0n) is 14.6. The Morgan fingerprint density at radius 1 is 1.24 bits per heavy atom. The number of benzene rings is 1. The van der Waals surface area contributed by atoms with Gasteiger partial charge in [-0.1, -0.05) is 68.0 Å². The zero-order valence-corrected chi connectivity index (χ0v) is 16.2. The van der Waals surface area contributed by atoms with Gasteiger partial charge in [-0.15, -0.1) is 10.2 Å². The molecule has 1 aliphatic rings. The van der Waals surface area contributed by atoms with E-state index in [0.29, 0.717) is 23.6 Å². The second-order valence-corrected chi connectivity index (χ2v) is 8.79. The molecule has 2 aromatic rings. The molecule has 3 atom stereocenters. The van der Waals surface area contributed by atoms with Gasteiger partial charge in [0.05, 0.1) is 5.75 Å². The minimum Gasteiger partial charge on any atom is -0.352 e. The van der Waals surface area contributed by atoms with Gasteiger partial charge in [0.1, 0.15) is 0 Å². The van der Waals surface area contributed by atoms with Gasteiger partial charge in [0.2, 0.25) is 11.0 Å². The maximum absolute atomic E-state index is 12.2. The summed E-state index contributed by atoms with van der Waals surface area (Å²) in [6.07, 6.45) is 3.56. The summed E-state index contributed by atoms with van der Waals surface area (Å²) < 4.78 is 0.804. The maximum Gasteiger partial charge on any atom is 0.230 e. The van der Waals surface area contributed by atoms with Crippen molar-refractivity contribution in [3.05, 3.63) is 30.3 Å². The van der Waals surface area contributed by atoms with Crippen molar-refractivity contribution in [3.8, 4) is 0 Å². The van der Waals surface area contributed by atoms with Crippen molar-refractivity contribution in [2.75, 3.05) is 11.1 Å². The number of hydrogen-bond acceptors (Lipinski definition) is 6. The molecule has 5 nitrogen and oxygen atoms in total. The van der Waals surface area contributed by atoms with E-state index in [1.165, 1.54) is 35.9 Å². The summed E-state index contributed by atoms with van der Waals surface area (Å²) in [6, 6.07) is 10.2. The highest BCUT2D eigenvalue weighted by Gasteiger charge is 2.28. The van der Waals surface area contributed by atoms with Crippen LogP contribution < -0.4 is 10.6 Å². The summed E-state index contributed by atoms with van der Waals surface area (Å²) in [4.78, 5) is 12.2. The topological polar surface area (TPSA) is 66.9 Å². The molecule has 0 bridgehead atoms. The number of para-hydroxylation sites is 1. The second kappa shape index (κ2) is 8.67. The molecular weight excluding hydrogens is 352 g/mol. The van der Waals surface area contributed by atoms with Gasteiger partial charge in [-0.2, -0.15) is 0 Å². The second-order valence-electron chi connectivity index (χ2n) is 6.59. The normalized spacial score (nSPS) is 23.2. The van der Waals surface area contributed by atoms with Gasteiger partial charge >= 0.3 is 0 Å². The first-order valence-corrected chi connectivity index (χ1v) is 10.5. The van der Waals surface area contributed by atoms with Crippen molar-refractivity contribution in [3.63, 3.8) is 0 Å². The average Bonchev–Trinajstić information content (AvgIpc) is 3.05. The Hall–Kier alpha value is -1.60. The molecule has 3 rings (SSSR count). The molecule has 25 heavy (non-hydrogen) atoms. The van der Waals surface area contributed by atoms with Gasteiger partial charge in [0.25, 0.3) is 0 Å². The summed E-state index contributed by atoms with van der Waals surface area (Å²) in [6.45, 7) is 4.52. The number of rotatable bonds is 6. The standard InChI is InChI=1S/C18H24N4OS2/c1-12-7-6-10-15(13(12)2)20-16(23)11-24-18-22-21-17(25-18)19-14-8-4-3-5-9-14/h3-5,8-9,12-13,15H,6-7,10-11H2,1-2H3,(H,19,21)(H,20,23)/t12-,13+,15-/m0/s1. The molecule has 1 saturated carbocycles. The van der Waals surface area contributed by atoms with E-state index in [2.05, 4.69) is 34.7 Å². The molecule has 0 aliphatic heterocycles. The summed E-state index contributed by atoms with van der Waals surface area (Å²) in [5, 5.41) is 15.4. The highest BCUT2D eigenvalue weighted by Crippen LogP contribution is 2.30.